The Morgan fingerprint density at radius 2 is 1.92 bits per heavy atom. The van der Waals surface area contributed by atoms with Crippen LogP contribution < -0.4 is 5.73 Å². The van der Waals surface area contributed by atoms with Crippen LogP contribution in [0.4, 0.5) is 5.82 Å². The SMILES string of the molecule is Cc1nc(N)c2nccc(C)c2n1. The lowest BCUT2D eigenvalue weighted by molar-refractivity contribution is 1.08. The van der Waals surface area contributed by atoms with Gasteiger partial charge in [0.1, 0.15) is 11.3 Å². The zero-order chi connectivity index (χ0) is 9.42. The lowest BCUT2D eigenvalue weighted by Crippen LogP contribution is -1.99. The number of aryl methyl sites for hydroxylation is 2. The van der Waals surface area contributed by atoms with E-state index in [0.29, 0.717) is 17.2 Å². The summed E-state index contributed by atoms with van der Waals surface area (Å²) in [6.45, 7) is 3.80. The van der Waals surface area contributed by atoms with Gasteiger partial charge in [-0.15, -0.1) is 0 Å². The monoisotopic (exact) mass is 174 g/mol. The van der Waals surface area contributed by atoms with Gasteiger partial charge in [-0.3, -0.25) is 4.98 Å². The number of nitrogens with two attached hydrogens (primary N) is 1. The summed E-state index contributed by atoms with van der Waals surface area (Å²) in [6.07, 6.45) is 1.72. The molecule has 2 heterocycles. The van der Waals surface area contributed by atoms with E-state index in [1.165, 1.54) is 0 Å². The number of rotatable bonds is 0. The van der Waals surface area contributed by atoms with E-state index in [1.54, 1.807) is 6.20 Å². The minimum Gasteiger partial charge on any atom is -0.382 e. The van der Waals surface area contributed by atoms with Crippen molar-refractivity contribution in [3.63, 3.8) is 0 Å². The van der Waals surface area contributed by atoms with Crippen molar-refractivity contribution >= 4 is 16.9 Å². The van der Waals surface area contributed by atoms with E-state index in [4.69, 9.17) is 5.73 Å². The van der Waals surface area contributed by atoms with Crippen molar-refractivity contribution in [1.82, 2.24) is 15.0 Å². The van der Waals surface area contributed by atoms with Crippen molar-refractivity contribution in [2.75, 3.05) is 5.73 Å². The Balaban J connectivity index is 2.94. The number of nitrogen functional groups attached to an aromatic ring is 1. The molecule has 0 aromatic carbocycles. The molecule has 0 bridgehead atoms. The Morgan fingerprint density at radius 3 is 2.69 bits per heavy atom. The van der Waals surface area contributed by atoms with Gasteiger partial charge in [-0.05, 0) is 25.5 Å². The lowest BCUT2D eigenvalue weighted by atomic mass is 10.2. The Labute approximate surface area is 75.8 Å². The van der Waals surface area contributed by atoms with Gasteiger partial charge >= 0.3 is 0 Å². The van der Waals surface area contributed by atoms with Gasteiger partial charge in [-0.1, -0.05) is 0 Å². The second kappa shape index (κ2) is 2.65. The molecule has 4 heteroatoms. The van der Waals surface area contributed by atoms with Crippen molar-refractivity contribution in [2.45, 2.75) is 13.8 Å². The number of hydrogen-bond acceptors (Lipinski definition) is 4. The van der Waals surface area contributed by atoms with Crippen molar-refractivity contribution in [1.29, 1.82) is 0 Å². The molecule has 0 saturated heterocycles. The molecule has 0 spiro atoms. The fourth-order valence-corrected chi connectivity index (χ4v) is 1.29. The van der Waals surface area contributed by atoms with Crippen LogP contribution in [0.1, 0.15) is 11.4 Å². The quantitative estimate of drug-likeness (QED) is 0.652. The van der Waals surface area contributed by atoms with Crippen LogP contribution in [-0.4, -0.2) is 15.0 Å². The molecule has 0 aliphatic rings. The maximum absolute atomic E-state index is 5.71. The molecule has 0 saturated carbocycles. The molecule has 0 radical (unpaired) electrons. The molecule has 13 heavy (non-hydrogen) atoms. The van der Waals surface area contributed by atoms with Gasteiger partial charge < -0.3 is 5.73 Å². The van der Waals surface area contributed by atoms with E-state index in [9.17, 15) is 0 Å². The molecule has 0 atom stereocenters. The molecule has 0 aliphatic carbocycles. The second-order valence-corrected chi connectivity index (χ2v) is 2.98. The summed E-state index contributed by atoms with van der Waals surface area (Å²) in [5, 5.41) is 0. The summed E-state index contributed by atoms with van der Waals surface area (Å²) in [5.41, 5.74) is 8.31. The summed E-state index contributed by atoms with van der Waals surface area (Å²) in [6, 6.07) is 1.91. The van der Waals surface area contributed by atoms with E-state index in [1.807, 2.05) is 19.9 Å². The van der Waals surface area contributed by atoms with E-state index >= 15 is 0 Å². The average Bonchev–Trinajstić information content (AvgIpc) is 2.07. The van der Waals surface area contributed by atoms with Crippen LogP contribution in [0.25, 0.3) is 11.0 Å². The summed E-state index contributed by atoms with van der Waals surface area (Å²) < 4.78 is 0. The Morgan fingerprint density at radius 1 is 1.15 bits per heavy atom. The van der Waals surface area contributed by atoms with Gasteiger partial charge in [0.05, 0.1) is 5.52 Å². The maximum Gasteiger partial charge on any atom is 0.153 e. The van der Waals surface area contributed by atoms with Crippen molar-refractivity contribution in [3.05, 3.63) is 23.7 Å². The highest BCUT2D eigenvalue weighted by molar-refractivity contribution is 5.85. The van der Waals surface area contributed by atoms with Crippen LogP contribution in [0.2, 0.25) is 0 Å². The molecule has 0 amide bonds. The third-order valence-corrected chi connectivity index (χ3v) is 1.92. The van der Waals surface area contributed by atoms with Crippen LogP contribution in [-0.2, 0) is 0 Å². The minimum atomic E-state index is 0.450. The molecule has 0 aliphatic heterocycles. The molecule has 2 N–H and O–H groups in total. The van der Waals surface area contributed by atoms with Crippen LogP contribution in [0.3, 0.4) is 0 Å². The first-order valence-electron chi connectivity index (χ1n) is 4.04. The van der Waals surface area contributed by atoms with Crippen molar-refractivity contribution < 1.29 is 0 Å². The first-order chi connectivity index (χ1) is 6.18. The second-order valence-electron chi connectivity index (χ2n) is 2.98. The summed E-state index contributed by atoms with van der Waals surface area (Å²) in [7, 11) is 0. The topological polar surface area (TPSA) is 64.7 Å². The molecular weight excluding hydrogens is 164 g/mol. The summed E-state index contributed by atoms with van der Waals surface area (Å²) in [5.74, 6) is 1.13. The molecule has 66 valence electrons. The molecule has 2 rings (SSSR count). The fraction of sp³-hybridized carbons (Fsp3) is 0.222. The zero-order valence-electron chi connectivity index (χ0n) is 7.57. The predicted molar refractivity (Wildman–Crippen MR) is 51.2 cm³/mol. The van der Waals surface area contributed by atoms with Gasteiger partial charge in [0.15, 0.2) is 5.82 Å². The van der Waals surface area contributed by atoms with Crippen LogP contribution in [0, 0.1) is 13.8 Å². The van der Waals surface area contributed by atoms with Gasteiger partial charge in [-0.2, -0.15) is 0 Å². The Kier molecular flexibility index (Phi) is 1.62. The van der Waals surface area contributed by atoms with Crippen molar-refractivity contribution in [2.24, 2.45) is 0 Å². The normalized spacial score (nSPS) is 10.6. The smallest absolute Gasteiger partial charge is 0.153 e. The van der Waals surface area contributed by atoms with E-state index in [-0.39, 0.29) is 0 Å². The molecule has 0 fully saturated rings. The number of fused-ring (bicyclic) bond motifs is 1. The lowest BCUT2D eigenvalue weighted by Gasteiger charge is -2.03. The number of aromatic nitrogens is 3. The van der Waals surface area contributed by atoms with Gasteiger partial charge in [0, 0.05) is 6.20 Å². The number of nitrogens with zero attached hydrogens (tertiary/aromatic N) is 3. The molecule has 4 nitrogen and oxygen atoms in total. The standard InChI is InChI=1S/C9H10N4/c1-5-3-4-11-8-7(5)12-6(2)13-9(8)10/h3-4H,1-2H3,(H2,10,12,13). The van der Waals surface area contributed by atoms with Gasteiger partial charge in [0.2, 0.25) is 0 Å². The molecule has 2 aromatic heterocycles. The zero-order valence-corrected chi connectivity index (χ0v) is 7.57. The first-order valence-corrected chi connectivity index (χ1v) is 4.04. The molecule has 0 unspecified atom stereocenters. The maximum atomic E-state index is 5.71. The van der Waals surface area contributed by atoms with Crippen LogP contribution in [0.15, 0.2) is 12.3 Å². The Bertz CT molecular complexity index is 464. The summed E-state index contributed by atoms with van der Waals surface area (Å²) in [4.78, 5) is 12.5. The highest BCUT2D eigenvalue weighted by Crippen LogP contribution is 2.17. The average molecular weight is 174 g/mol. The highest BCUT2D eigenvalue weighted by Gasteiger charge is 2.04. The largest absolute Gasteiger partial charge is 0.382 e. The van der Waals surface area contributed by atoms with Crippen LogP contribution in [0.5, 0.6) is 0 Å². The summed E-state index contributed by atoms with van der Waals surface area (Å²) >= 11 is 0. The van der Waals surface area contributed by atoms with E-state index in [0.717, 1.165) is 11.1 Å². The predicted octanol–water partition coefficient (Wildman–Crippen LogP) is 1.22. The molecular formula is C9H10N4. The van der Waals surface area contributed by atoms with Crippen LogP contribution >= 0.6 is 0 Å². The third kappa shape index (κ3) is 1.20. The first kappa shape index (κ1) is 7.91. The van der Waals surface area contributed by atoms with E-state index < -0.39 is 0 Å². The van der Waals surface area contributed by atoms with Gasteiger partial charge in [0.25, 0.3) is 0 Å². The van der Waals surface area contributed by atoms with Crippen molar-refractivity contribution in [3.8, 4) is 0 Å². The number of anilines is 1. The Hall–Kier alpha value is -1.71. The number of hydrogen-bond donors (Lipinski definition) is 1. The highest BCUT2D eigenvalue weighted by atomic mass is 15.0. The fourth-order valence-electron chi connectivity index (χ4n) is 1.29. The van der Waals surface area contributed by atoms with Gasteiger partial charge in [-0.25, -0.2) is 9.97 Å². The molecule has 2 aromatic rings. The minimum absolute atomic E-state index is 0.450. The number of pyridine rings is 1. The van der Waals surface area contributed by atoms with E-state index in [2.05, 4.69) is 15.0 Å². The third-order valence-electron chi connectivity index (χ3n) is 1.92.